The quantitative estimate of drug-likeness (QED) is 0.121. The topological polar surface area (TPSA) is 66.5 Å². The van der Waals surface area contributed by atoms with Gasteiger partial charge in [0, 0.05) is 0 Å². The van der Waals surface area contributed by atoms with Gasteiger partial charge in [0.15, 0.2) is 11.5 Å². The summed E-state index contributed by atoms with van der Waals surface area (Å²) in [4.78, 5) is 0. The molecule has 3 heteroatoms. The van der Waals surface area contributed by atoms with Gasteiger partial charge in [0.1, 0.15) is 0 Å². The lowest BCUT2D eigenvalue weighted by Gasteiger charge is -2.25. The zero-order valence-corrected chi connectivity index (χ0v) is 29.3. The number of rotatable bonds is 6. The highest BCUT2D eigenvalue weighted by molar-refractivity contribution is 6.33. The number of aromatic hydroxyl groups is 2. The number of hydrogen-bond donors (Lipinski definition) is 3. The maximum atomic E-state index is 9.04. The molecule has 0 saturated carbocycles. The summed E-state index contributed by atoms with van der Waals surface area (Å²) in [5.74, 6) is -0.179. The molecule has 0 radical (unpaired) electrons. The summed E-state index contributed by atoms with van der Waals surface area (Å²) in [6.45, 7) is 0.546. The molecule has 0 atom stereocenters. The van der Waals surface area contributed by atoms with Crippen molar-refractivity contribution in [1.82, 2.24) is 0 Å². The van der Waals surface area contributed by atoms with E-state index in [2.05, 4.69) is 170 Å². The number of phenols is 2. The van der Waals surface area contributed by atoms with Crippen LogP contribution in [0.3, 0.4) is 0 Å². The molecule has 0 aromatic heterocycles. The van der Waals surface area contributed by atoms with Crippen molar-refractivity contribution in [2.24, 2.45) is 5.73 Å². The maximum Gasteiger partial charge on any atom is 0.157 e. The minimum absolute atomic E-state index is 0.0871. The average molecular weight is 686 g/mol. The molecule has 0 bridgehead atoms. The molecular weight excluding hydrogens is 647 g/mol. The van der Waals surface area contributed by atoms with Gasteiger partial charge < -0.3 is 15.9 Å². The van der Waals surface area contributed by atoms with Gasteiger partial charge in [-0.1, -0.05) is 176 Å². The Morgan fingerprint density at radius 3 is 0.925 bits per heavy atom. The largest absolute Gasteiger partial charge is 0.504 e. The monoisotopic (exact) mass is 685 g/mol. The normalized spacial score (nSPS) is 11.0. The summed E-state index contributed by atoms with van der Waals surface area (Å²) < 4.78 is 0. The highest BCUT2D eigenvalue weighted by atomic mass is 16.3. The Balaban J connectivity index is 0.000000314. The minimum Gasteiger partial charge on any atom is -0.504 e. The molecular formula is C50H39NO2. The van der Waals surface area contributed by atoms with Crippen LogP contribution in [-0.4, -0.2) is 16.8 Å². The number of fused-ring (bicyclic) bond motifs is 3. The molecule has 256 valence electrons. The van der Waals surface area contributed by atoms with Crippen LogP contribution in [0.15, 0.2) is 188 Å². The van der Waals surface area contributed by atoms with Crippen LogP contribution >= 0.6 is 0 Å². The molecule has 0 unspecified atom stereocenters. The maximum absolute atomic E-state index is 9.04. The van der Waals surface area contributed by atoms with Gasteiger partial charge in [0.2, 0.25) is 0 Å². The van der Waals surface area contributed by atoms with Crippen molar-refractivity contribution in [1.29, 1.82) is 0 Å². The first-order valence-electron chi connectivity index (χ1n) is 18.0. The first-order chi connectivity index (χ1) is 26.1. The Hall–Kier alpha value is -6.68. The van der Waals surface area contributed by atoms with Crippen molar-refractivity contribution >= 4 is 32.3 Å². The van der Waals surface area contributed by atoms with E-state index in [9.17, 15) is 0 Å². The summed E-state index contributed by atoms with van der Waals surface area (Å²) >= 11 is 0. The first kappa shape index (κ1) is 33.5. The lowest BCUT2D eigenvalue weighted by Crippen LogP contribution is -2.02. The first-order valence-corrected chi connectivity index (χ1v) is 18.0. The third kappa shape index (κ3) is 6.40. The van der Waals surface area contributed by atoms with Gasteiger partial charge in [-0.25, -0.2) is 0 Å². The zero-order chi connectivity index (χ0) is 36.1. The van der Waals surface area contributed by atoms with Crippen LogP contribution in [-0.2, 0) is 6.42 Å². The summed E-state index contributed by atoms with van der Waals surface area (Å²) in [6.07, 6.45) is 0.716. The molecule has 0 aliphatic carbocycles. The van der Waals surface area contributed by atoms with Crippen molar-refractivity contribution in [3.63, 3.8) is 0 Å². The second kappa shape index (κ2) is 14.9. The van der Waals surface area contributed by atoms with E-state index in [1.807, 2.05) is 0 Å². The molecule has 0 spiro atoms. The van der Waals surface area contributed by atoms with Crippen molar-refractivity contribution in [3.8, 4) is 56.0 Å². The van der Waals surface area contributed by atoms with Crippen LogP contribution in [0, 0.1) is 0 Å². The number of benzene rings is 9. The van der Waals surface area contributed by atoms with Crippen molar-refractivity contribution in [3.05, 3.63) is 194 Å². The Bertz CT molecular complexity index is 2350. The van der Waals surface area contributed by atoms with Crippen LogP contribution in [0.5, 0.6) is 11.5 Å². The molecule has 9 aromatic carbocycles. The molecule has 9 aromatic rings. The fourth-order valence-corrected chi connectivity index (χ4v) is 7.64. The van der Waals surface area contributed by atoms with Crippen LogP contribution in [0.1, 0.15) is 5.56 Å². The van der Waals surface area contributed by atoms with E-state index in [0.717, 1.165) is 5.56 Å². The van der Waals surface area contributed by atoms with Crippen molar-refractivity contribution in [2.45, 2.75) is 6.42 Å². The number of phenolic OH excluding ortho intramolecular Hbond substituents is 2. The highest BCUT2D eigenvalue weighted by Crippen LogP contribution is 2.53. The van der Waals surface area contributed by atoms with E-state index in [0.29, 0.717) is 13.0 Å². The molecule has 4 N–H and O–H groups in total. The molecule has 0 fully saturated rings. The molecule has 0 saturated heterocycles. The average Bonchev–Trinajstić information content (AvgIpc) is 3.22. The third-order valence-corrected chi connectivity index (χ3v) is 9.90. The summed E-state index contributed by atoms with van der Waals surface area (Å²) in [5.41, 5.74) is 16.3. The van der Waals surface area contributed by atoms with E-state index in [-0.39, 0.29) is 11.5 Å². The lowest BCUT2D eigenvalue weighted by molar-refractivity contribution is 0.403. The van der Waals surface area contributed by atoms with E-state index < -0.39 is 0 Å². The standard InChI is InChI=1S/C42H28.C8H11NO2/c1-5-17-29(18-6-1)37-33-25-13-14-26-34(33)39(31-21-9-3-10-22-31)42-40(32-23-11-4-12-24-32)36-28-16-15-27-35(36)38(41(37)42)30-19-7-2-8-20-30;9-4-3-6-1-2-7(10)8(11)5-6/h1-28H;1-2,5,10-11H,3-4,9H2. The Kier molecular flexibility index (Phi) is 9.40. The van der Waals surface area contributed by atoms with Gasteiger partial charge in [-0.15, -0.1) is 0 Å². The minimum atomic E-state index is -0.0919. The third-order valence-electron chi connectivity index (χ3n) is 9.90. The van der Waals surface area contributed by atoms with Gasteiger partial charge in [0.05, 0.1) is 0 Å². The molecule has 53 heavy (non-hydrogen) atoms. The van der Waals surface area contributed by atoms with Gasteiger partial charge >= 0.3 is 0 Å². The summed E-state index contributed by atoms with van der Waals surface area (Å²) in [6, 6.07) is 66.4. The van der Waals surface area contributed by atoms with Gasteiger partial charge in [0.25, 0.3) is 0 Å². The second-order valence-electron chi connectivity index (χ2n) is 13.2. The number of nitrogens with two attached hydrogens (primary N) is 1. The Morgan fingerprint density at radius 2 is 0.642 bits per heavy atom. The summed E-state index contributed by atoms with van der Waals surface area (Å²) in [5, 5.41) is 25.6. The van der Waals surface area contributed by atoms with E-state index in [1.54, 1.807) is 6.07 Å². The van der Waals surface area contributed by atoms with E-state index in [1.165, 1.54) is 89.0 Å². The van der Waals surface area contributed by atoms with E-state index in [4.69, 9.17) is 15.9 Å². The lowest BCUT2D eigenvalue weighted by atomic mass is 9.77. The smallest absolute Gasteiger partial charge is 0.157 e. The number of hydrogen-bond acceptors (Lipinski definition) is 3. The molecule has 0 aliphatic heterocycles. The van der Waals surface area contributed by atoms with E-state index >= 15 is 0 Å². The predicted molar refractivity (Wildman–Crippen MR) is 223 cm³/mol. The molecule has 3 nitrogen and oxygen atoms in total. The van der Waals surface area contributed by atoms with Gasteiger partial charge in [-0.05, 0) is 107 Å². The molecule has 0 heterocycles. The molecule has 0 amide bonds. The van der Waals surface area contributed by atoms with Crippen LogP contribution in [0.25, 0.3) is 76.8 Å². The molecule has 0 aliphatic rings. The van der Waals surface area contributed by atoms with Gasteiger partial charge in [-0.2, -0.15) is 0 Å². The van der Waals surface area contributed by atoms with Crippen molar-refractivity contribution < 1.29 is 10.2 Å². The SMILES string of the molecule is NCCc1ccc(O)c(O)c1.c1ccc(-c2c3ccccc3c(-c3ccccc3)c3c(-c4ccccc4)c4ccccc4c(-c4ccccc4)c23)cc1. The zero-order valence-electron chi connectivity index (χ0n) is 29.3. The van der Waals surface area contributed by atoms with Crippen LogP contribution < -0.4 is 5.73 Å². The van der Waals surface area contributed by atoms with Crippen LogP contribution in [0.2, 0.25) is 0 Å². The Labute approximate surface area is 309 Å². The predicted octanol–water partition coefficient (Wildman–Crippen LogP) is 12.4. The fourth-order valence-electron chi connectivity index (χ4n) is 7.64. The Morgan fingerprint density at radius 1 is 0.340 bits per heavy atom. The van der Waals surface area contributed by atoms with Crippen molar-refractivity contribution in [2.75, 3.05) is 6.54 Å². The molecule has 9 rings (SSSR count). The van der Waals surface area contributed by atoms with Crippen LogP contribution in [0.4, 0.5) is 0 Å². The second-order valence-corrected chi connectivity index (χ2v) is 13.2. The highest BCUT2D eigenvalue weighted by Gasteiger charge is 2.25. The summed E-state index contributed by atoms with van der Waals surface area (Å²) in [7, 11) is 0. The van der Waals surface area contributed by atoms with Gasteiger partial charge in [-0.3, -0.25) is 0 Å². The fraction of sp³-hybridized carbons (Fsp3) is 0.0400.